The molecule has 0 spiro atoms. The Balaban J connectivity index is 2.50. The molecule has 0 aromatic heterocycles. The molecule has 0 radical (unpaired) electrons. The number of primary amides is 1. The van der Waals surface area contributed by atoms with Crippen molar-refractivity contribution in [3.05, 3.63) is 0 Å². The van der Waals surface area contributed by atoms with Gasteiger partial charge in [-0.3, -0.25) is 0 Å². The zero-order chi connectivity index (χ0) is 13.8. The summed E-state index contributed by atoms with van der Waals surface area (Å²) in [5.41, 5.74) is 4.59. The average Bonchev–Trinajstić information content (AvgIpc) is 2.28. The minimum Gasteiger partial charge on any atom is -0.443 e. The monoisotopic (exact) mass is 255 g/mol. The maximum absolute atomic E-state index is 10.9. The summed E-state index contributed by atoms with van der Waals surface area (Å²) in [5, 5.41) is 0. The molecule has 1 fully saturated rings. The summed E-state index contributed by atoms with van der Waals surface area (Å²) in [5.74, 6) is 1.37. The fourth-order valence-electron chi connectivity index (χ4n) is 2.98. The molecule has 0 aromatic carbocycles. The lowest BCUT2D eigenvalue weighted by molar-refractivity contribution is -0.109. The van der Waals surface area contributed by atoms with Gasteiger partial charge in [0, 0.05) is 6.42 Å². The zero-order valence-corrected chi connectivity index (χ0v) is 11.6. The molecule has 0 heterocycles. The van der Waals surface area contributed by atoms with Crippen LogP contribution in [0.15, 0.2) is 0 Å². The molecule has 104 valence electrons. The third-order valence-corrected chi connectivity index (χ3v) is 4.49. The minimum absolute atomic E-state index is 0.280. The molecule has 1 aliphatic carbocycles. The van der Waals surface area contributed by atoms with Gasteiger partial charge in [-0.1, -0.05) is 6.92 Å². The maximum Gasteiger partial charge on any atom is 0.405 e. The lowest BCUT2D eigenvalue weighted by Gasteiger charge is -2.39. The molecule has 1 amide bonds. The average molecular weight is 255 g/mol. The van der Waals surface area contributed by atoms with E-state index in [1.807, 2.05) is 13.8 Å². The standard InChI is InChI=1S/C14H25NO3/c1-10(14(2,3)18-13(15)17)12-6-4-11(5-7-12)8-9-16/h9-12H,4-8H2,1-3H3,(H2,15,17)/t10?,11-,12-. The van der Waals surface area contributed by atoms with Crippen LogP contribution in [0.5, 0.6) is 0 Å². The summed E-state index contributed by atoms with van der Waals surface area (Å²) in [4.78, 5) is 21.4. The summed E-state index contributed by atoms with van der Waals surface area (Å²) in [6.07, 6.45) is 5.40. The Kier molecular flexibility index (Phi) is 5.17. The largest absolute Gasteiger partial charge is 0.443 e. The molecule has 1 unspecified atom stereocenters. The smallest absolute Gasteiger partial charge is 0.405 e. The Morgan fingerprint density at radius 2 is 1.94 bits per heavy atom. The Labute approximate surface area is 109 Å². The first kappa shape index (κ1) is 15.0. The summed E-state index contributed by atoms with van der Waals surface area (Å²) in [7, 11) is 0. The lowest BCUT2D eigenvalue weighted by atomic mass is 9.71. The number of aldehydes is 1. The van der Waals surface area contributed by atoms with Crippen LogP contribution in [0.1, 0.15) is 52.9 Å². The highest BCUT2D eigenvalue weighted by molar-refractivity contribution is 5.65. The molecular formula is C14H25NO3. The normalized spacial score (nSPS) is 26.4. The second-order valence-electron chi connectivity index (χ2n) is 6.00. The van der Waals surface area contributed by atoms with E-state index in [0.29, 0.717) is 18.3 Å². The number of nitrogens with two attached hydrogens (primary N) is 1. The summed E-state index contributed by atoms with van der Waals surface area (Å²) < 4.78 is 5.21. The number of carbonyl (C=O) groups is 2. The highest BCUT2D eigenvalue weighted by Gasteiger charge is 2.36. The summed E-state index contributed by atoms with van der Waals surface area (Å²) >= 11 is 0. The SMILES string of the molecule is CC([C@H]1CC[C@H](CC=O)CC1)C(C)(C)OC(N)=O. The molecule has 0 aliphatic heterocycles. The first-order valence-corrected chi connectivity index (χ1v) is 6.79. The molecule has 18 heavy (non-hydrogen) atoms. The van der Waals surface area contributed by atoms with E-state index in [1.165, 1.54) is 0 Å². The molecule has 4 heteroatoms. The van der Waals surface area contributed by atoms with Crippen molar-refractivity contribution >= 4 is 12.4 Å². The molecule has 0 bridgehead atoms. The second kappa shape index (κ2) is 6.21. The fourth-order valence-corrected chi connectivity index (χ4v) is 2.98. The van der Waals surface area contributed by atoms with Crippen molar-refractivity contribution in [2.24, 2.45) is 23.5 Å². The van der Waals surface area contributed by atoms with Gasteiger partial charge in [-0.05, 0) is 57.3 Å². The highest BCUT2D eigenvalue weighted by Crippen LogP contribution is 2.39. The summed E-state index contributed by atoms with van der Waals surface area (Å²) in [6.45, 7) is 5.95. The predicted octanol–water partition coefficient (Wildman–Crippen LogP) is 2.89. The maximum atomic E-state index is 10.9. The van der Waals surface area contributed by atoms with Crippen molar-refractivity contribution in [3.8, 4) is 0 Å². The van der Waals surface area contributed by atoms with E-state index in [4.69, 9.17) is 10.5 Å². The van der Waals surface area contributed by atoms with Crippen molar-refractivity contribution in [2.45, 2.75) is 58.5 Å². The van der Waals surface area contributed by atoms with Crippen LogP contribution in [0.25, 0.3) is 0 Å². The topological polar surface area (TPSA) is 69.4 Å². The molecule has 1 rings (SSSR count). The first-order valence-electron chi connectivity index (χ1n) is 6.79. The van der Waals surface area contributed by atoms with Gasteiger partial charge in [-0.25, -0.2) is 4.79 Å². The third kappa shape index (κ3) is 4.00. The van der Waals surface area contributed by atoms with Gasteiger partial charge in [0.15, 0.2) is 0 Å². The molecule has 1 atom stereocenters. The number of hydrogen-bond donors (Lipinski definition) is 1. The van der Waals surface area contributed by atoms with Gasteiger partial charge in [0.05, 0.1) is 0 Å². The number of carbonyl (C=O) groups excluding carboxylic acids is 2. The molecule has 0 saturated heterocycles. The van der Waals surface area contributed by atoms with Crippen molar-refractivity contribution in [2.75, 3.05) is 0 Å². The zero-order valence-electron chi connectivity index (χ0n) is 11.6. The van der Waals surface area contributed by atoms with E-state index in [0.717, 1.165) is 32.0 Å². The van der Waals surface area contributed by atoms with Crippen LogP contribution in [-0.4, -0.2) is 18.0 Å². The van der Waals surface area contributed by atoms with Crippen LogP contribution in [0.4, 0.5) is 4.79 Å². The van der Waals surface area contributed by atoms with Gasteiger partial charge < -0.3 is 15.3 Å². The quantitative estimate of drug-likeness (QED) is 0.768. The van der Waals surface area contributed by atoms with Crippen LogP contribution in [0.3, 0.4) is 0 Å². The highest BCUT2D eigenvalue weighted by atomic mass is 16.6. The number of ether oxygens (including phenoxy) is 1. The second-order valence-corrected chi connectivity index (χ2v) is 6.00. The minimum atomic E-state index is -0.707. The Morgan fingerprint density at radius 3 is 2.39 bits per heavy atom. The van der Waals surface area contributed by atoms with Crippen LogP contribution >= 0.6 is 0 Å². The molecule has 4 nitrogen and oxygen atoms in total. The Hall–Kier alpha value is -1.06. The number of rotatable bonds is 5. The van der Waals surface area contributed by atoms with E-state index in [-0.39, 0.29) is 5.92 Å². The van der Waals surface area contributed by atoms with Gasteiger partial charge in [0.1, 0.15) is 11.9 Å². The molecule has 2 N–H and O–H groups in total. The Morgan fingerprint density at radius 1 is 1.39 bits per heavy atom. The van der Waals surface area contributed by atoms with Crippen molar-refractivity contribution < 1.29 is 14.3 Å². The van der Waals surface area contributed by atoms with Crippen molar-refractivity contribution in [3.63, 3.8) is 0 Å². The number of amides is 1. The molecular weight excluding hydrogens is 230 g/mol. The van der Waals surface area contributed by atoms with E-state index in [9.17, 15) is 9.59 Å². The van der Waals surface area contributed by atoms with Gasteiger partial charge in [0.2, 0.25) is 0 Å². The van der Waals surface area contributed by atoms with Crippen LogP contribution in [-0.2, 0) is 9.53 Å². The van der Waals surface area contributed by atoms with Crippen LogP contribution < -0.4 is 5.73 Å². The van der Waals surface area contributed by atoms with Crippen molar-refractivity contribution in [1.82, 2.24) is 0 Å². The molecule has 0 aromatic rings. The van der Waals surface area contributed by atoms with E-state index in [1.54, 1.807) is 0 Å². The van der Waals surface area contributed by atoms with E-state index < -0.39 is 11.7 Å². The predicted molar refractivity (Wildman–Crippen MR) is 70.0 cm³/mol. The molecule has 1 aliphatic rings. The van der Waals surface area contributed by atoms with Crippen LogP contribution in [0.2, 0.25) is 0 Å². The molecule has 1 saturated carbocycles. The summed E-state index contributed by atoms with van der Waals surface area (Å²) in [6, 6.07) is 0. The van der Waals surface area contributed by atoms with Gasteiger partial charge in [-0.15, -0.1) is 0 Å². The van der Waals surface area contributed by atoms with E-state index >= 15 is 0 Å². The third-order valence-electron chi connectivity index (χ3n) is 4.49. The lowest BCUT2D eigenvalue weighted by Crippen LogP contribution is -2.41. The van der Waals surface area contributed by atoms with Crippen molar-refractivity contribution in [1.29, 1.82) is 0 Å². The number of hydrogen-bond acceptors (Lipinski definition) is 3. The Bertz CT molecular complexity index is 293. The van der Waals surface area contributed by atoms with E-state index in [2.05, 4.69) is 6.92 Å². The van der Waals surface area contributed by atoms with Gasteiger partial charge in [-0.2, -0.15) is 0 Å². The van der Waals surface area contributed by atoms with Gasteiger partial charge in [0.25, 0.3) is 0 Å². The van der Waals surface area contributed by atoms with Crippen LogP contribution in [0, 0.1) is 17.8 Å². The first-order chi connectivity index (χ1) is 8.36. The van der Waals surface area contributed by atoms with Gasteiger partial charge >= 0.3 is 6.09 Å². The fraction of sp³-hybridized carbons (Fsp3) is 0.857.